The lowest BCUT2D eigenvalue weighted by molar-refractivity contribution is -0.160. The van der Waals surface area contributed by atoms with E-state index in [1.165, 1.54) is 0 Å². The molecule has 0 heterocycles. The fraction of sp³-hybridized carbons (Fsp3) is 0.857. The number of hydrogen-bond acceptors (Lipinski definition) is 2. The van der Waals surface area contributed by atoms with Gasteiger partial charge in [-0.15, -0.1) is 0 Å². The first-order chi connectivity index (χ1) is 9.73. The van der Waals surface area contributed by atoms with E-state index in [9.17, 15) is 22.8 Å². The highest BCUT2D eigenvalue weighted by Crippen LogP contribution is 2.31. The molecule has 122 valence electrons. The van der Waals surface area contributed by atoms with Gasteiger partial charge in [0.05, 0.1) is 6.42 Å². The van der Waals surface area contributed by atoms with Crippen LogP contribution >= 0.6 is 0 Å². The second-order valence-corrected chi connectivity index (χ2v) is 5.71. The van der Waals surface area contributed by atoms with Crippen LogP contribution in [0, 0.1) is 11.8 Å². The summed E-state index contributed by atoms with van der Waals surface area (Å²) in [5.41, 5.74) is 0. The van der Waals surface area contributed by atoms with Crippen LogP contribution in [0.4, 0.5) is 13.2 Å². The standard InChI is InChI=1S/C14H22F3NO3/c1-2-10(7-9-5-3-4-6-9)12(19)18-11(13(20)21)8-14(15,16)17/h9-11H,2-8H2,1H3,(H,18,19)(H,20,21). The Bertz CT molecular complexity index is 365. The van der Waals surface area contributed by atoms with Crippen LogP contribution in [0.2, 0.25) is 0 Å². The first-order valence-corrected chi connectivity index (χ1v) is 7.32. The number of amides is 1. The van der Waals surface area contributed by atoms with E-state index in [4.69, 9.17) is 5.11 Å². The molecule has 0 aliphatic heterocycles. The molecule has 2 unspecified atom stereocenters. The molecule has 2 atom stereocenters. The lowest BCUT2D eigenvalue weighted by Crippen LogP contribution is -2.46. The highest BCUT2D eigenvalue weighted by Gasteiger charge is 2.37. The van der Waals surface area contributed by atoms with Crippen molar-refractivity contribution in [2.24, 2.45) is 11.8 Å². The molecular formula is C14H22F3NO3. The van der Waals surface area contributed by atoms with E-state index >= 15 is 0 Å². The van der Waals surface area contributed by atoms with E-state index in [1.807, 2.05) is 5.32 Å². The molecule has 0 saturated heterocycles. The predicted octanol–water partition coefficient (Wildman–Crippen LogP) is 3.11. The first kappa shape index (κ1) is 17.8. The van der Waals surface area contributed by atoms with Crippen molar-refractivity contribution < 1.29 is 27.9 Å². The van der Waals surface area contributed by atoms with Gasteiger partial charge in [0, 0.05) is 5.92 Å². The van der Waals surface area contributed by atoms with E-state index in [2.05, 4.69) is 0 Å². The normalized spacial score (nSPS) is 19.2. The molecule has 1 aliphatic rings. The van der Waals surface area contributed by atoms with Gasteiger partial charge in [0.15, 0.2) is 0 Å². The molecule has 4 nitrogen and oxygen atoms in total. The molecule has 0 radical (unpaired) electrons. The summed E-state index contributed by atoms with van der Waals surface area (Å²) in [5, 5.41) is 10.8. The van der Waals surface area contributed by atoms with Gasteiger partial charge >= 0.3 is 12.1 Å². The fourth-order valence-corrected chi connectivity index (χ4v) is 2.83. The number of carbonyl (C=O) groups excluding carboxylic acids is 1. The number of rotatable bonds is 7. The number of carbonyl (C=O) groups is 2. The summed E-state index contributed by atoms with van der Waals surface area (Å²) in [7, 11) is 0. The van der Waals surface area contributed by atoms with Crippen LogP contribution < -0.4 is 5.32 Å². The Hall–Kier alpha value is -1.27. The maximum atomic E-state index is 12.3. The minimum atomic E-state index is -4.62. The number of aliphatic carboxylic acids is 1. The Morgan fingerprint density at radius 1 is 1.29 bits per heavy atom. The second kappa shape index (κ2) is 7.66. The van der Waals surface area contributed by atoms with Gasteiger partial charge in [0.2, 0.25) is 5.91 Å². The van der Waals surface area contributed by atoms with Crippen molar-refractivity contribution >= 4 is 11.9 Å². The maximum absolute atomic E-state index is 12.3. The van der Waals surface area contributed by atoms with Crippen molar-refractivity contribution in [3.8, 4) is 0 Å². The number of carboxylic acid groups (broad SMARTS) is 1. The van der Waals surface area contributed by atoms with Gasteiger partial charge in [-0.2, -0.15) is 13.2 Å². The lowest BCUT2D eigenvalue weighted by atomic mass is 9.90. The molecule has 1 amide bonds. The molecule has 1 fully saturated rings. The van der Waals surface area contributed by atoms with E-state index in [0.717, 1.165) is 25.7 Å². The molecule has 0 aromatic rings. The summed E-state index contributed by atoms with van der Waals surface area (Å²) >= 11 is 0. The molecule has 0 bridgehead atoms. The van der Waals surface area contributed by atoms with Crippen LogP contribution in [0.15, 0.2) is 0 Å². The Labute approximate surface area is 122 Å². The fourth-order valence-electron chi connectivity index (χ4n) is 2.83. The number of halogens is 3. The van der Waals surface area contributed by atoms with Gasteiger partial charge < -0.3 is 10.4 Å². The zero-order valence-corrected chi connectivity index (χ0v) is 12.1. The van der Waals surface area contributed by atoms with E-state index in [-0.39, 0.29) is 0 Å². The third kappa shape index (κ3) is 6.35. The number of alkyl halides is 3. The van der Waals surface area contributed by atoms with Gasteiger partial charge in [-0.1, -0.05) is 32.6 Å². The zero-order valence-electron chi connectivity index (χ0n) is 12.1. The van der Waals surface area contributed by atoms with Gasteiger partial charge in [0.25, 0.3) is 0 Å². The number of hydrogen-bond donors (Lipinski definition) is 2. The summed E-state index contributed by atoms with van der Waals surface area (Å²) in [4.78, 5) is 22.9. The monoisotopic (exact) mass is 309 g/mol. The van der Waals surface area contributed by atoms with Gasteiger partial charge in [0.1, 0.15) is 6.04 Å². The minimum absolute atomic E-state index is 0.414. The summed E-state index contributed by atoms with van der Waals surface area (Å²) in [6.45, 7) is 1.79. The van der Waals surface area contributed by atoms with Crippen LogP contribution in [0.25, 0.3) is 0 Å². The van der Waals surface area contributed by atoms with Crippen LogP contribution in [0.1, 0.15) is 51.9 Å². The highest BCUT2D eigenvalue weighted by atomic mass is 19.4. The molecule has 7 heteroatoms. The van der Waals surface area contributed by atoms with Crippen molar-refractivity contribution in [3.05, 3.63) is 0 Å². The summed E-state index contributed by atoms with van der Waals surface area (Å²) in [5.74, 6) is -2.23. The Balaban J connectivity index is 2.58. The smallest absolute Gasteiger partial charge is 0.391 e. The van der Waals surface area contributed by atoms with Gasteiger partial charge in [-0.05, 0) is 18.8 Å². The van der Waals surface area contributed by atoms with E-state index in [0.29, 0.717) is 18.8 Å². The topological polar surface area (TPSA) is 66.4 Å². The number of carboxylic acids is 1. The lowest BCUT2D eigenvalue weighted by Gasteiger charge is -2.22. The zero-order chi connectivity index (χ0) is 16.0. The molecule has 1 rings (SSSR count). The second-order valence-electron chi connectivity index (χ2n) is 5.71. The highest BCUT2D eigenvalue weighted by molar-refractivity contribution is 5.85. The van der Waals surface area contributed by atoms with Gasteiger partial charge in [-0.3, -0.25) is 4.79 Å². The first-order valence-electron chi connectivity index (χ1n) is 7.32. The summed E-state index contributed by atoms with van der Waals surface area (Å²) < 4.78 is 36.9. The van der Waals surface area contributed by atoms with Crippen molar-refractivity contribution in [3.63, 3.8) is 0 Å². The summed E-state index contributed by atoms with van der Waals surface area (Å²) in [6, 6.07) is -1.91. The Morgan fingerprint density at radius 3 is 2.29 bits per heavy atom. The molecule has 1 saturated carbocycles. The van der Waals surface area contributed by atoms with Crippen LogP contribution in [-0.4, -0.2) is 29.2 Å². The van der Waals surface area contributed by atoms with Gasteiger partial charge in [-0.25, -0.2) is 4.79 Å². The molecule has 0 aromatic heterocycles. The van der Waals surface area contributed by atoms with Crippen molar-refractivity contribution in [1.29, 1.82) is 0 Å². The third-order valence-electron chi connectivity index (χ3n) is 4.01. The SMILES string of the molecule is CCC(CC1CCCC1)C(=O)NC(CC(F)(F)F)C(=O)O. The van der Waals surface area contributed by atoms with E-state index < -0.39 is 36.4 Å². The molecule has 0 aromatic carbocycles. The van der Waals surface area contributed by atoms with Crippen LogP contribution in [0.3, 0.4) is 0 Å². The average Bonchev–Trinajstić information content (AvgIpc) is 2.86. The van der Waals surface area contributed by atoms with Crippen LogP contribution in [-0.2, 0) is 9.59 Å². The largest absolute Gasteiger partial charge is 0.480 e. The maximum Gasteiger partial charge on any atom is 0.391 e. The van der Waals surface area contributed by atoms with Crippen molar-refractivity contribution in [1.82, 2.24) is 5.32 Å². The van der Waals surface area contributed by atoms with Crippen molar-refractivity contribution in [2.75, 3.05) is 0 Å². The van der Waals surface area contributed by atoms with E-state index in [1.54, 1.807) is 6.92 Å². The average molecular weight is 309 g/mol. The quantitative estimate of drug-likeness (QED) is 0.759. The molecule has 1 aliphatic carbocycles. The molecule has 2 N–H and O–H groups in total. The summed E-state index contributed by atoms with van der Waals surface area (Å²) in [6.07, 6.45) is -0.731. The molecular weight excluding hydrogens is 287 g/mol. The predicted molar refractivity (Wildman–Crippen MR) is 70.6 cm³/mol. The number of nitrogens with one attached hydrogen (secondary N) is 1. The van der Waals surface area contributed by atoms with Crippen LogP contribution in [0.5, 0.6) is 0 Å². The Morgan fingerprint density at radius 2 is 1.86 bits per heavy atom. The Kier molecular flexibility index (Phi) is 6.48. The van der Waals surface area contributed by atoms with Crippen molar-refractivity contribution in [2.45, 2.75) is 64.1 Å². The minimum Gasteiger partial charge on any atom is -0.480 e. The molecule has 0 spiro atoms. The molecule has 21 heavy (non-hydrogen) atoms. The third-order valence-corrected chi connectivity index (χ3v) is 4.01.